The quantitative estimate of drug-likeness (QED) is 0.624. The molecule has 1 aliphatic heterocycles. The average Bonchev–Trinajstić information content (AvgIpc) is 2.08. The van der Waals surface area contributed by atoms with E-state index in [1.165, 1.54) is 0 Å². The normalized spacial score (nSPS) is 40.3. The lowest BCUT2D eigenvalue weighted by molar-refractivity contribution is -0.131. The Kier molecular flexibility index (Phi) is 3.47. The fourth-order valence-electron chi connectivity index (χ4n) is 1.79. The van der Waals surface area contributed by atoms with Gasteiger partial charge in [0, 0.05) is 12.5 Å². The lowest BCUT2D eigenvalue weighted by Gasteiger charge is -2.37. The molecule has 1 aliphatic rings. The molecule has 0 aromatic rings. The molecule has 3 heteroatoms. The minimum Gasteiger partial charge on any atom is -0.396 e. The van der Waals surface area contributed by atoms with Crippen molar-refractivity contribution in [2.45, 2.75) is 38.6 Å². The van der Waals surface area contributed by atoms with Crippen LogP contribution >= 0.6 is 0 Å². The molecule has 2 N–H and O–H groups in total. The molecule has 13 heavy (non-hydrogen) atoms. The van der Waals surface area contributed by atoms with E-state index in [9.17, 15) is 5.11 Å². The summed E-state index contributed by atoms with van der Waals surface area (Å²) in [5.74, 6) is -0.0783. The van der Waals surface area contributed by atoms with Crippen molar-refractivity contribution in [1.29, 1.82) is 0 Å². The molecule has 0 bridgehead atoms. The molecule has 0 aliphatic carbocycles. The van der Waals surface area contributed by atoms with Crippen LogP contribution in [0.3, 0.4) is 0 Å². The van der Waals surface area contributed by atoms with Crippen molar-refractivity contribution < 1.29 is 14.9 Å². The Labute approximate surface area is 79.0 Å². The molecule has 1 fully saturated rings. The maximum Gasteiger partial charge on any atom is 0.105 e. The van der Waals surface area contributed by atoms with E-state index >= 15 is 0 Å². The molecule has 0 unspecified atom stereocenters. The van der Waals surface area contributed by atoms with Crippen LogP contribution in [0.4, 0.5) is 0 Å². The Hall–Kier alpha value is -0.380. The van der Waals surface area contributed by atoms with Gasteiger partial charge in [-0.05, 0) is 25.8 Å². The Morgan fingerprint density at radius 1 is 1.62 bits per heavy atom. The van der Waals surface area contributed by atoms with Crippen molar-refractivity contribution in [2.24, 2.45) is 5.92 Å². The summed E-state index contributed by atoms with van der Waals surface area (Å²) in [4.78, 5) is 0. The van der Waals surface area contributed by atoms with Crippen molar-refractivity contribution in [3.63, 3.8) is 0 Å². The van der Waals surface area contributed by atoms with Gasteiger partial charge in [0.1, 0.15) is 6.10 Å². The van der Waals surface area contributed by atoms with Gasteiger partial charge in [-0.15, -0.1) is 0 Å². The van der Waals surface area contributed by atoms with Crippen LogP contribution in [-0.4, -0.2) is 35.1 Å². The average molecular weight is 186 g/mol. The van der Waals surface area contributed by atoms with Crippen molar-refractivity contribution in [3.05, 3.63) is 12.2 Å². The fraction of sp³-hybridized carbons (Fsp3) is 0.800. The third kappa shape index (κ3) is 2.30. The molecule has 1 rings (SSSR count). The smallest absolute Gasteiger partial charge is 0.105 e. The zero-order valence-electron chi connectivity index (χ0n) is 8.23. The first kappa shape index (κ1) is 10.7. The molecule has 0 aromatic carbocycles. The van der Waals surface area contributed by atoms with Crippen LogP contribution in [-0.2, 0) is 4.74 Å². The predicted octanol–water partition coefficient (Wildman–Crippen LogP) is 0.709. The lowest BCUT2D eigenvalue weighted by Crippen LogP contribution is -2.46. The number of hydrogen-bond donors (Lipinski definition) is 2. The highest BCUT2D eigenvalue weighted by Crippen LogP contribution is 2.28. The van der Waals surface area contributed by atoms with E-state index in [1.54, 1.807) is 0 Å². The summed E-state index contributed by atoms with van der Waals surface area (Å²) in [7, 11) is 0. The SMILES string of the molecule is C=C(C)[C@H]1O[C@H](C)C[C@@H](CO)[C@@H]1O. The van der Waals surface area contributed by atoms with Crippen LogP contribution < -0.4 is 0 Å². The maximum atomic E-state index is 9.77. The van der Waals surface area contributed by atoms with Crippen molar-refractivity contribution >= 4 is 0 Å². The predicted molar refractivity (Wildman–Crippen MR) is 50.3 cm³/mol. The van der Waals surface area contributed by atoms with Crippen LogP contribution in [0.5, 0.6) is 0 Å². The lowest BCUT2D eigenvalue weighted by atomic mass is 9.87. The Balaban J connectivity index is 2.68. The molecule has 76 valence electrons. The summed E-state index contributed by atoms with van der Waals surface area (Å²) in [6, 6.07) is 0. The first-order chi connectivity index (χ1) is 6.06. The molecular weight excluding hydrogens is 168 g/mol. The molecular formula is C10H18O3. The summed E-state index contributed by atoms with van der Waals surface area (Å²) in [6.45, 7) is 7.56. The van der Waals surface area contributed by atoms with Crippen molar-refractivity contribution in [1.82, 2.24) is 0 Å². The summed E-state index contributed by atoms with van der Waals surface area (Å²) >= 11 is 0. The number of ether oxygens (including phenoxy) is 1. The fourth-order valence-corrected chi connectivity index (χ4v) is 1.79. The van der Waals surface area contributed by atoms with E-state index < -0.39 is 6.10 Å². The monoisotopic (exact) mass is 186 g/mol. The second-order valence-corrected chi connectivity index (χ2v) is 3.88. The van der Waals surface area contributed by atoms with Gasteiger partial charge >= 0.3 is 0 Å². The zero-order valence-corrected chi connectivity index (χ0v) is 8.23. The topological polar surface area (TPSA) is 49.7 Å². The van der Waals surface area contributed by atoms with E-state index in [1.807, 2.05) is 13.8 Å². The minimum atomic E-state index is -0.612. The van der Waals surface area contributed by atoms with Crippen LogP contribution in [0.1, 0.15) is 20.3 Å². The molecule has 3 nitrogen and oxygen atoms in total. The van der Waals surface area contributed by atoms with Gasteiger partial charge in [0.05, 0.1) is 12.2 Å². The second-order valence-electron chi connectivity index (χ2n) is 3.88. The van der Waals surface area contributed by atoms with Crippen LogP contribution in [0.25, 0.3) is 0 Å². The third-order valence-electron chi connectivity index (χ3n) is 2.53. The van der Waals surface area contributed by atoms with Gasteiger partial charge in [0.2, 0.25) is 0 Å². The number of hydrogen-bond acceptors (Lipinski definition) is 3. The van der Waals surface area contributed by atoms with Gasteiger partial charge in [-0.2, -0.15) is 0 Å². The van der Waals surface area contributed by atoms with Gasteiger partial charge in [-0.1, -0.05) is 6.58 Å². The molecule has 0 saturated carbocycles. The van der Waals surface area contributed by atoms with Gasteiger partial charge in [-0.3, -0.25) is 0 Å². The third-order valence-corrected chi connectivity index (χ3v) is 2.53. The Morgan fingerprint density at radius 2 is 2.23 bits per heavy atom. The van der Waals surface area contributed by atoms with Crippen LogP contribution in [0.15, 0.2) is 12.2 Å². The van der Waals surface area contributed by atoms with Gasteiger partial charge in [0.25, 0.3) is 0 Å². The Bertz CT molecular complexity index is 191. The second kappa shape index (κ2) is 4.22. The zero-order chi connectivity index (χ0) is 10.0. The first-order valence-electron chi connectivity index (χ1n) is 4.66. The van der Waals surface area contributed by atoms with E-state index in [4.69, 9.17) is 9.84 Å². The molecule has 0 radical (unpaired) electrons. The minimum absolute atomic E-state index is 0.0125. The van der Waals surface area contributed by atoms with Gasteiger partial charge in [0.15, 0.2) is 0 Å². The highest BCUT2D eigenvalue weighted by molar-refractivity contribution is 5.05. The maximum absolute atomic E-state index is 9.77. The van der Waals surface area contributed by atoms with E-state index in [-0.39, 0.29) is 24.7 Å². The van der Waals surface area contributed by atoms with Crippen molar-refractivity contribution in [3.8, 4) is 0 Å². The standard InChI is InChI=1S/C10H18O3/c1-6(2)10-9(12)8(5-11)4-7(3)13-10/h7-12H,1,4-5H2,2-3H3/t7-,8+,9+,10-/m1/s1. The van der Waals surface area contributed by atoms with Crippen LogP contribution in [0.2, 0.25) is 0 Å². The molecule has 0 spiro atoms. The largest absolute Gasteiger partial charge is 0.396 e. The number of aliphatic hydroxyl groups is 2. The van der Waals surface area contributed by atoms with Crippen LogP contribution in [0, 0.1) is 5.92 Å². The molecule has 0 amide bonds. The Morgan fingerprint density at radius 3 is 2.69 bits per heavy atom. The van der Waals surface area contributed by atoms with E-state index in [0.717, 1.165) is 5.57 Å². The molecule has 0 aromatic heterocycles. The molecule has 1 saturated heterocycles. The van der Waals surface area contributed by atoms with Gasteiger partial charge in [-0.25, -0.2) is 0 Å². The van der Waals surface area contributed by atoms with Gasteiger partial charge < -0.3 is 14.9 Å². The summed E-state index contributed by atoms with van der Waals surface area (Å²) in [5.41, 5.74) is 0.817. The highest BCUT2D eigenvalue weighted by Gasteiger charge is 2.35. The summed E-state index contributed by atoms with van der Waals surface area (Å²) in [6.07, 6.45) is -0.136. The van der Waals surface area contributed by atoms with E-state index in [0.29, 0.717) is 6.42 Å². The van der Waals surface area contributed by atoms with E-state index in [2.05, 4.69) is 6.58 Å². The molecule has 1 heterocycles. The first-order valence-corrected chi connectivity index (χ1v) is 4.66. The molecule has 4 atom stereocenters. The summed E-state index contributed by atoms with van der Waals surface area (Å²) in [5, 5.41) is 18.8. The highest BCUT2D eigenvalue weighted by atomic mass is 16.5. The number of rotatable bonds is 2. The number of aliphatic hydroxyl groups excluding tert-OH is 2. The van der Waals surface area contributed by atoms with Crippen molar-refractivity contribution in [2.75, 3.05) is 6.61 Å². The summed E-state index contributed by atoms with van der Waals surface area (Å²) < 4.78 is 5.53.